The fraction of sp³-hybridized carbons (Fsp3) is 0.185. The summed E-state index contributed by atoms with van der Waals surface area (Å²) in [6.07, 6.45) is 1.86. The molecule has 164 valence electrons. The van der Waals surface area contributed by atoms with E-state index in [1.807, 2.05) is 54.6 Å². The third-order valence-corrected chi connectivity index (χ3v) is 6.31. The largest absolute Gasteiger partial charge is 0.355 e. The van der Waals surface area contributed by atoms with Gasteiger partial charge in [0, 0.05) is 23.4 Å². The zero-order valence-electron chi connectivity index (χ0n) is 18.7. The first-order chi connectivity index (χ1) is 16.1. The number of hydrogen-bond donors (Lipinski definition) is 2. The second-order valence-corrected chi connectivity index (χ2v) is 8.75. The molecule has 33 heavy (non-hydrogen) atoms. The number of nitrogens with zero attached hydrogens (tertiary/aromatic N) is 1. The van der Waals surface area contributed by atoms with Gasteiger partial charge in [-0.1, -0.05) is 60.1 Å². The average Bonchev–Trinajstić information content (AvgIpc) is 3.47. The molecule has 5 nitrogen and oxygen atoms in total. The van der Waals surface area contributed by atoms with E-state index >= 15 is 0 Å². The number of H-pyrrole nitrogens is 1. The molecular weight excluding hydrogens is 409 g/mol. The van der Waals surface area contributed by atoms with E-state index in [2.05, 4.69) is 42.4 Å². The predicted octanol–water partition coefficient (Wildman–Crippen LogP) is 3.27. The van der Waals surface area contributed by atoms with Gasteiger partial charge in [-0.15, -0.1) is 0 Å². The third kappa shape index (κ3) is 4.56. The Labute approximate surface area is 194 Å². The number of amides is 2. The van der Waals surface area contributed by atoms with Gasteiger partial charge in [0.15, 0.2) is 0 Å². The van der Waals surface area contributed by atoms with Crippen LogP contribution in [-0.4, -0.2) is 42.1 Å². The molecule has 0 saturated carbocycles. The van der Waals surface area contributed by atoms with Crippen LogP contribution in [0.1, 0.15) is 18.4 Å². The first-order valence-corrected chi connectivity index (χ1v) is 11.4. The third-order valence-electron chi connectivity index (χ3n) is 6.31. The average molecular weight is 435 g/mol. The molecule has 2 heterocycles. The highest BCUT2D eigenvalue weighted by Crippen LogP contribution is 2.26. The molecular formula is C27H26BN3O2. The summed E-state index contributed by atoms with van der Waals surface area (Å²) in [6, 6.07) is 25.6. The lowest BCUT2D eigenvalue weighted by Gasteiger charge is -2.24. The van der Waals surface area contributed by atoms with Crippen molar-refractivity contribution >= 4 is 41.7 Å². The Morgan fingerprint density at radius 2 is 1.79 bits per heavy atom. The number of anilines is 1. The first kappa shape index (κ1) is 21.1. The van der Waals surface area contributed by atoms with Crippen molar-refractivity contribution in [3.05, 3.63) is 84.4 Å². The van der Waals surface area contributed by atoms with Gasteiger partial charge >= 0.3 is 0 Å². The Kier molecular flexibility index (Phi) is 5.74. The van der Waals surface area contributed by atoms with E-state index in [0.717, 1.165) is 34.4 Å². The van der Waals surface area contributed by atoms with Crippen LogP contribution in [0.4, 0.5) is 5.69 Å². The Morgan fingerprint density at radius 3 is 2.58 bits per heavy atom. The lowest BCUT2D eigenvalue weighted by Crippen LogP contribution is -2.43. The van der Waals surface area contributed by atoms with Crippen LogP contribution in [0.15, 0.2) is 78.9 Å². The number of benzene rings is 3. The van der Waals surface area contributed by atoms with Crippen molar-refractivity contribution in [3.8, 4) is 11.3 Å². The summed E-state index contributed by atoms with van der Waals surface area (Å²) in [5, 5.41) is 4.19. The highest BCUT2D eigenvalue weighted by atomic mass is 16.2. The number of likely N-dealkylation sites (tertiary alicyclic amines) is 1. The van der Waals surface area contributed by atoms with Gasteiger partial charge < -0.3 is 15.2 Å². The molecule has 0 bridgehead atoms. The fourth-order valence-electron chi connectivity index (χ4n) is 4.58. The molecule has 3 aromatic carbocycles. The molecule has 1 saturated heterocycles. The number of hydrogen-bond acceptors (Lipinski definition) is 2. The highest BCUT2D eigenvalue weighted by Gasteiger charge is 2.33. The summed E-state index contributed by atoms with van der Waals surface area (Å²) in [5.74, 6) is -0.119. The summed E-state index contributed by atoms with van der Waals surface area (Å²) in [5.41, 5.74) is 6.14. The number of carbonyl (C=O) groups is 2. The second kappa shape index (κ2) is 8.98. The molecule has 1 atom stereocenters. The van der Waals surface area contributed by atoms with Crippen LogP contribution in [0.3, 0.4) is 0 Å². The molecule has 1 fully saturated rings. The molecule has 2 N–H and O–H groups in total. The van der Waals surface area contributed by atoms with Crippen molar-refractivity contribution in [2.75, 3.05) is 11.9 Å². The number of fused-ring (bicyclic) bond motifs is 1. The van der Waals surface area contributed by atoms with Crippen LogP contribution >= 0.6 is 0 Å². The molecule has 5 rings (SSSR count). The molecule has 0 unspecified atom stereocenters. The van der Waals surface area contributed by atoms with Crippen LogP contribution < -0.4 is 10.8 Å². The van der Waals surface area contributed by atoms with Gasteiger partial charge in [0.25, 0.3) is 0 Å². The van der Waals surface area contributed by atoms with Crippen molar-refractivity contribution in [3.63, 3.8) is 0 Å². The van der Waals surface area contributed by atoms with Gasteiger partial charge in [-0.2, -0.15) is 0 Å². The van der Waals surface area contributed by atoms with Crippen molar-refractivity contribution in [2.24, 2.45) is 0 Å². The van der Waals surface area contributed by atoms with Crippen molar-refractivity contribution < 1.29 is 9.59 Å². The Bertz CT molecular complexity index is 1300. The quantitative estimate of drug-likeness (QED) is 0.473. The Balaban J connectivity index is 1.25. The minimum absolute atomic E-state index is 0.00301. The van der Waals surface area contributed by atoms with E-state index in [0.29, 0.717) is 19.4 Å². The summed E-state index contributed by atoms with van der Waals surface area (Å²) < 4.78 is 0. The monoisotopic (exact) mass is 435 g/mol. The topological polar surface area (TPSA) is 65.2 Å². The Morgan fingerprint density at radius 1 is 1.00 bits per heavy atom. The molecule has 0 spiro atoms. The molecule has 4 aromatic rings. The SMILES string of the molecule is Bc1ccc2[nH]c(-c3ccc(NC(=O)[C@@H]4CCCN4C(=O)Cc4ccccc4)cc3)cc2c1. The molecule has 0 radical (unpaired) electrons. The lowest BCUT2D eigenvalue weighted by atomic mass is 9.95. The van der Waals surface area contributed by atoms with E-state index in [1.54, 1.807) is 4.90 Å². The number of carbonyl (C=O) groups excluding carboxylic acids is 2. The van der Waals surface area contributed by atoms with Gasteiger partial charge in [0.05, 0.1) is 6.42 Å². The highest BCUT2D eigenvalue weighted by molar-refractivity contribution is 6.33. The molecule has 1 aromatic heterocycles. The Hall–Kier alpha value is -3.80. The number of rotatable bonds is 5. The smallest absolute Gasteiger partial charge is 0.247 e. The van der Waals surface area contributed by atoms with E-state index in [9.17, 15) is 9.59 Å². The van der Waals surface area contributed by atoms with Gasteiger partial charge in [-0.25, -0.2) is 0 Å². The normalized spacial score (nSPS) is 15.6. The van der Waals surface area contributed by atoms with Crippen LogP contribution in [-0.2, 0) is 16.0 Å². The van der Waals surface area contributed by atoms with E-state index in [-0.39, 0.29) is 11.8 Å². The molecule has 1 aliphatic heterocycles. The molecule has 6 heteroatoms. The second-order valence-electron chi connectivity index (χ2n) is 8.75. The van der Waals surface area contributed by atoms with Crippen LogP contribution in [0.2, 0.25) is 0 Å². The van der Waals surface area contributed by atoms with Crippen molar-refractivity contribution in [2.45, 2.75) is 25.3 Å². The molecule has 2 amide bonds. The van der Waals surface area contributed by atoms with Crippen molar-refractivity contribution in [1.82, 2.24) is 9.88 Å². The number of nitrogens with one attached hydrogen (secondary N) is 2. The van der Waals surface area contributed by atoms with Gasteiger partial charge in [0.1, 0.15) is 13.9 Å². The van der Waals surface area contributed by atoms with Crippen LogP contribution in [0.5, 0.6) is 0 Å². The molecule has 1 aliphatic rings. The van der Waals surface area contributed by atoms with Crippen molar-refractivity contribution in [1.29, 1.82) is 0 Å². The standard InChI is InChI=1S/C27H26BN3O2/c28-21-10-13-23-20(16-21)17-24(30-23)19-8-11-22(12-9-19)29-27(33)25-7-4-14-31(25)26(32)15-18-5-2-1-3-6-18/h1-3,5-6,8-13,16-17,25,30H,4,7,14-15,28H2,(H,29,33)/t25-/m0/s1. The summed E-state index contributed by atoms with van der Waals surface area (Å²) in [4.78, 5) is 31.0. The fourth-order valence-corrected chi connectivity index (χ4v) is 4.58. The van der Waals surface area contributed by atoms with Gasteiger partial charge in [-0.3, -0.25) is 9.59 Å². The van der Waals surface area contributed by atoms with Crippen LogP contribution in [0.25, 0.3) is 22.2 Å². The zero-order chi connectivity index (χ0) is 22.8. The maximum atomic E-state index is 13.0. The summed E-state index contributed by atoms with van der Waals surface area (Å²) >= 11 is 0. The minimum atomic E-state index is -0.419. The summed E-state index contributed by atoms with van der Waals surface area (Å²) in [6.45, 7) is 0.628. The van der Waals surface area contributed by atoms with Gasteiger partial charge in [0.2, 0.25) is 11.8 Å². The maximum absolute atomic E-state index is 13.0. The van der Waals surface area contributed by atoms with Crippen LogP contribution in [0, 0.1) is 0 Å². The maximum Gasteiger partial charge on any atom is 0.247 e. The summed E-state index contributed by atoms with van der Waals surface area (Å²) in [7, 11) is 2.09. The van der Waals surface area contributed by atoms with E-state index in [4.69, 9.17) is 0 Å². The number of aromatic amines is 1. The predicted molar refractivity (Wildman–Crippen MR) is 135 cm³/mol. The first-order valence-electron chi connectivity index (χ1n) is 11.4. The van der Waals surface area contributed by atoms with E-state index < -0.39 is 6.04 Å². The molecule has 0 aliphatic carbocycles. The van der Waals surface area contributed by atoms with E-state index in [1.165, 1.54) is 10.8 Å². The van der Waals surface area contributed by atoms with Gasteiger partial charge in [-0.05, 0) is 53.6 Å². The number of aromatic nitrogens is 1. The lowest BCUT2D eigenvalue weighted by molar-refractivity contribution is -0.136. The zero-order valence-corrected chi connectivity index (χ0v) is 18.7. The minimum Gasteiger partial charge on any atom is -0.355 e.